The summed E-state index contributed by atoms with van der Waals surface area (Å²) in [5.41, 5.74) is 1.56. The molecule has 2 aromatic rings. The number of carboxylic acids is 1. The van der Waals surface area contributed by atoms with Crippen molar-refractivity contribution in [1.29, 1.82) is 0 Å². The number of rotatable bonds is 7. The fourth-order valence-electron chi connectivity index (χ4n) is 3.72. The lowest BCUT2D eigenvalue weighted by molar-refractivity contribution is -0.139. The number of piperidine rings is 1. The zero-order valence-corrected chi connectivity index (χ0v) is 17.4. The van der Waals surface area contributed by atoms with Crippen molar-refractivity contribution < 1.29 is 19.0 Å². The lowest BCUT2D eigenvalue weighted by atomic mass is 10.0. The van der Waals surface area contributed by atoms with Gasteiger partial charge in [-0.3, -0.25) is 9.69 Å². The zero-order valence-electron chi connectivity index (χ0n) is 15.8. The number of halogens is 2. The molecule has 0 unspecified atom stereocenters. The number of ether oxygens (including phenoxy) is 1. The van der Waals surface area contributed by atoms with Crippen molar-refractivity contribution in [3.8, 4) is 5.75 Å². The first-order valence-corrected chi connectivity index (χ1v) is 10.0. The van der Waals surface area contributed by atoms with E-state index < -0.39 is 5.97 Å². The van der Waals surface area contributed by atoms with Crippen molar-refractivity contribution in [2.75, 3.05) is 31.6 Å². The Bertz CT molecular complexity index is 825. The van der Waals surface area contributed by atoms with Gasteiger partial charge in [0.2, 0.25) is 0 Å². The van der Waals surface area contributed by atoms with E-state index in [-0.39, 0.29) is 24.9 Å². The number of hydrogen-bond acceptors (Lipinski definition) is 4. The van der Waals surface area contributed by atoms with Crippen LogP contribution >= 0.6 is 15.9 Å². The third-order valence-corrected chi connectivity index (χ3v) is 5.63. The number of carboxylic acid groups (broad SMARTS) is 1. The molecule has 0 bridgehead atoms. The van der Waals surface area contributed by atoms with Crippen LogP contribution in [0, 0.1) is 5.82 Å². The largest absolute Gasteiger partial charge is 0.495 e. The fourth-order valence-corrected chi connectivity index (χ4v) is 4.05. The molecule has 1 aliphatic rings. The molecule has 0 atom stereocenters. The van der Waals surface area contributed by atoms with Crippen molar-refractivity contribution in [1.82, 2.24) is 4.90 Å². The zero-order chi connectivity index (χ0) is 20.1. The van der Waals surface area contributed by atoms with Crippen molar-refractivity contribution >= 4 is 27.6 Å². The molecule has 3 rings (SSSR count). The van der Waals surface area contributed by atoms with Crippen molar-refractivity contribution in [2.45, 2.75) is 25.4 Å². The van der Waals surface area contributed by atoms with Gasteiger partial charge in [-0.2, -0.15) is 0 Å². The van der Waals surface area contributed by atoms with Crippen LogP contribution < -0.4 is 9.64 Å². The first-order valence-electron chi connectivity index (χ1n) is 9.25. The smallest absolute Gasteiger partial charge is 0.317 e. The molecular weight excluding hydrogens is 427 g/mol. The van der Waals surface area contributed by atoms with Crippen LogP contribution in [0.5, 0.6) is 5.75 Å². The average molecular weight is 451 g/mol. The Morgan fingerprint density at radius 3 is 2.64 bits per heavy atom. The molecule has 0 radical (unpaired) electrons. The van der Waals surface area contributed by atoms with Crippen LogP contribution in [0.1, 0.15) is 18.4 Å². The van der Waals surface area contributed by atoms with Gasteiger partial charge in [0.25, 0.3) is 0 Å². The van der Waals surface area contributed by atoms with Gasteiger partial charge in [-0.25, -0.2) is 4.39 Å². The second kappa shape index (κ2) is 9.39. The fraction of sp³-hybridized carbons (Fsp3) is 0.381. The predicted octanol–water partition coefficient (Wildman–Crippen LogP) is 4.15. The van der Waals surface area contributed by atoms with Crippen LogP contribution in [-0.4, -0.2) is 48.8 Å². The second-order valence-electron chi connectivity index (χ2n) is 6.92. The summed E-state index contributed by atoms with van der Waals surface area (Å²) in [5.74, 6) is -0.388. The summed E-state index contributed by atoms with van der Waals surface area (Å²) in [5, 5.41) is 9.33. The molecule has 1 saturated heterocycles. The van der Waals surface area contributed by atoms with Gasteiger partial charge in [0.05, 0.1) is 19.3 Å². The summed E-state index contributed by atoms with van der Waals surface area (Å²) < 4.78 is 20.4. The molecule has 0 aliphatic carbocycles. The van der Waals surface area contributed by atoms with Crippen LogP contribution in [0.2, 0.25) is 0 Å². The van der Waals surface area contributed by atoms with Gasteiger partial charge in [0.15, 0.2) is 0 Å². The van der Waals surface area contributed by atoms with E-state index in [0.29, 0.717) is 10.0 Å². The highest BCUT2D eigenvalue weighted by molar-refractivity contribution is 9.10. The van der Waals surface area contributed by atoms with Crippen LogP contribution in [-0.2, 0) is 11.3 Å². The molecule has 28 heavy (non-hydrogen) atoms. The topological polar surface area (TPSA) is 53.0 Å². The maximum atomic E-state index is 14.3. The maximum absolute atomic E-state index is 14.3. The second-order valence-corrected chi connectivity index (χ2v) is 7.84. The minimum absolute atomic E-state index is 0.0881. The lowest BCUT2D eigenvalue weighted by Crippen LogP contribution is -2.46. The molecule has 0 spiro atoms. The lowest BCUT2D eigenvalue weighted by Gasteiger charge is -2.39. The number of hydrogen-bond donors (Lipinski definition) is 1. The van der Waals surface area contributed by atoms with Gasteiger partial charge in [0, 0.05) is 35.7 Å². The van der Waals surface area contributed by atoms with Crippen LogP contribution in [0.4, 0.5) is 10.1 Å². The Labute approximate surface area is 172 Å². The number of carbonyl (C=O) groups is 1. The number of aliphatic carboxylic acids is 1. The normalized spacial score (nSPS) is 15.1. The summed E-state index contributed by atoms with van der Waals surface area (Å²) in [4.78, 5) is 15.5. The number of benzene rings is 2. The Kier molecular flexibility index (Phi) is 6.91. The minimum atomic E-state index is -0.898. The highest BCUT2D eigenvalue weighted by atomic mass is 79.9. The SMILES string of the molecule is COc1ccccc1N1CCC(N(CC(=O)O)Cc2ccc(Br)cc2F)CC1. The summed E-state index contributed by atoms with van der Waals surface area (Å²) in [7, 11) is 1.66. The minimum Gasteiger partial charge on any atom is -0.495 e. The van der Waals surface area contributed by atoms with Crippen molar-refractivity contribution in [3.63, 3.8) is 0 Å². The van der Waals surface area contributed by atoms with E-state index in [9.17, 15) is 14.3 Å². The summed E-state index contributed by atoms with van der Waals surface area (Å²) in [6.07, 6.45) is 1.62. The molecule has 1 aliphatic heterocycles. The van der Waals surface area contributed by atoms with Crippen molar-refractivity contribution in [2.24, 2.45) is 0 Å². The third-order valence-electron chi connectivity index (χ3n) is 5.13. The molecular formula is C21H24BrFN2O3. The molecule has 1 N–H and O–H groups in total. The molecule has 150 valence electrons. The number of methoxy groups -OCH3 is 1. The first kappa shape index (κ1) is 20.6. The highest BCUT2D eigenvalue weighted by Crippen LogP contribution is 2.31. The van der Waals surface area contributed by atoms with E-state index in [1.807, 2.05) is 29.2 Å². The summed E-state index contributed by atoms with van der Waals surface area (Å²) in [6.45, 7) is 1.77. The monoisotopic (exact) mass is 450 g/mol. The van der Waals surface area contributed by atoms with Crippen molar-refractivity contribution in [3.05, 3.63) is 58.3 Å². The molecule has 0 aromatic heterocycles. The Balaban J connectivity index is 1.70. The number of para-hydroxylation sites is 2. The Morgan fingerprint density at radius 2 is 2.00 bits per heavy atom. The van der Waals surface area contributed by atoms with Gasteiger partial charge in [-0.05, 0) is 37.1 Å². The average Bonchev–Trinajstić information content (AvgIpc) is 2.69. The molecule has 2 aromatic carbocycles. The van der Waals surface area contributed by atoms with Crippen LogP contribution in [0.15, 0.2) is 46.9 Å². The molecule has 7 heteroatoms. The Hall–Kier alpha value is -2.12. The molecule has 5 nitrogen and oxygen atoms in total. The van der Waals surface area contributed by atoms with E-state index in [2.05, 4.69) is 20.8 Å². The molecule has 0 saturated carbocycles. The highest BCUT2D eigenvalue weighted by Gasteiger charge is 2.27. The van der Waals surface area contributed by atoms with Gasteiger partial charge in [0.1, 0.15) is 11.6 Å². The molecule has 1 heterocycles. The van der Waals surface area contributed by atoms with Gasteiger partial charge < -0.3 is 14.7 Å². The number of anilines is 1. The molecule has 0 amide bonds. The first-order chi connectivity index (χ1) is 13.5. The van der Waals surface area contributed by atoms with Gasteiger partial charge >= 0.3 is 5.97 Å². The quantitative estimate of drug-likeness (QED) is 0.686. The summed E-state index contributed by atoms with van der Waals surface area (Å²) >= 11 is 3.26. The predicted molar refractivity (Wildman–Crippen MR) is 110 cm³/mol. The van der Waals surface area contributed by atoms with Crippen LogP contribution in [0.25, 0.3) is 0 Å². The maximum Gasteiger partial charge on any atom is 0.317 e. The van der Waals surface area contributed by atoms with E-state index in [1.54, 1.807) is 19.2 Å². The standard InChI is InChI=1S/C21H24BrFN2O3/c1-28-20-5-3-2-4-19(20)24-10-8-17(9-11-24)25(14-21(26)27)13-15-6-7-16(22)12-18(15)23/h2-7,12,17H,8-11,13-14H2,1H3,(H,26,27). The Morgan fingerprint density at radius 1 is 1.29 bits per heavy atom. The third kappa shape index (κ3) is 5.02. The van der Waals surface area contributed by atoms with E-state index >= 15 is 0 Å². The number of nitrogens with zero attached hydrogens (tertiary/aromatic N) is 2. The van der Waals surface area contributed by atoms with Crippen LogP contribution in [0.3, 0.4) is 0 Å². The summed E-state index contributed by atoms with van der Waals surface area (Å²) in [6, 6.07) is 12.9. The molecule has 1 fully saturated rings. The van der Waals surface area contributed by atoms with E-state index in [0.717, 1.165) is 37.4 Å². The van der Waals surface area contributed by atoms with Gasteiger partial charge in [-0.15, -0.1) is 0 Å². The van der Waals surface area contributed by atoms with E-state index in [4.69, 9.17) is 4.74 Å². The van der Waals surface area contributed by atoms with E-state index in [1.165, 1.54) is 6.07 Å². The van der Waals surface area contributed by atoms with Gasteiger partial charge in [-0.1, -0.05) is 34.1 Å².